The lowest BCUT2D eigenvalue weighted by Gasteiger charge is -2.17. The largest absolute Gasteiger partial charge is 0.457 e. The Hall–Kier alpha value is -1.87. The van der Waals surface area contributed by atoms with Gasteiger partial charge in [-0.15, -0.1) is 0 Å². The Morgan fingerprint density at radius 2 is 1.67 bits per heavy atom. The van der Waals surface area contributed by atoms with E-state index in [0.717, 1.165) is 16.9 Å². The molecule has 0 spiro atoms. The molecule has 0 aromatic heterocycles. The first kappa shape index (κ1) is 15.5. The highest BCUT2D eigenvalue weighted by Crippen LogP contribution is 2.35. The zero-order valence-corrected chi connectivity index (χ0v) is 12.9. The van der Waals surface area contributed by atoms with Crippen molar-refractivity contribution >= 4 is 0 Å². The van der Waals surface area contributed by atoms with Gasteiger partial charge < -0.3 is 9.84 Å². The van der Waals surface area contributed by atoms with Crippen molar-refractivity contribution in [2.75, 3.05) is 0 Å². The van der Waals surface area contributed by atoms with E-state index in [2.05, 4.69) is 13.8 Å². The summed E-state index contributed by atoms with van der Waals surface area (Å²) < 4.78 is 19.3. The molecule has 0 heterocycles. The van der Waals surface area contributed by atoms with Crippen LogP contribution < -0.4 is 4.74 Å². The number of aliphatic hydroxyl groups is 1. The minimum Gasteiger partial charge on any atom is -0.457 e. The number of hydrogen-bond acceptors (Lipinski definition) is 2. The van der Waals surface area contributed by atoms with Gasteiger partial charge in [-0.1, -0.05) is 26.0 Å². The standard InChI is InChI=1S/C18H21FO2/c1-11(2)15-7-5-12(3)9-18(15)21-17-8-6-14(19)10-16(17)13(4)20/h5-11,13,20H,1-4H3. The Balaban J connectivity index is 2.45. The fourth-order valence-electron chi connectivity index (χ4n) is 2.26. The molecule has 0 aliphatic rings. The Bertz CT molecular complexity index is 633. The quantitative estimate of drug-likeness (QED) is 0.847. The first-order valence-corrected chi connectivity index (χ1v) is 7.14. The minimum atomic E-state index is -0.789. The van der Waals surface area contributed by atoms with Crippen LogP contribution in [0.4, 0.5) is 4.39 Å². The van der Waals surface area contributed by atoms with Crippen molar-refractivity contribution in [3.8, 4) is 11.5 Å². The highest BCUT2D eigenvalue weighted by molar-refractivity contribution is 5.45. The minimum absolute atomic E-state index is 0.316. The van der Waals surface area contributed by atoms with E-state index in [1.54, 1.807) is 13.0 Å². The number of aliphatic hydroxyl groups excluding tert-OH is 1. The molecule has 0 fully saturated rings. The molecule has 2 nitrogen and oxygen atoms in total. The van der Waals surface area contributed by atoms with Crippen molar-refractivity contribution in [1.29, 1.82) is 0 Å². The van der Waals surface area contributed by atoms with Gasteiger partial charge in [0.15, 0.2) is 0 Å². The fourth-order valence-corrected chi connectivity index (χ4v) is 2.26. The molecule has 1 N–H and O–H groups in total. The van der Waals surface area contributed by atoms with Gasteiger partial charge in [0.25, 0.3) is 0 Å². The molecule has 3 heteroatoms. The van der Waals surface area contributed by atoms with Crippen LogP contribution in [0.1, 0.15) is 49.5 Å². The first-order chi connectivity index (χ1) is 9.88. The second-order valence-corrected chi connectivity index (χ2v) is 5.66. The van der Waals surface area contributed by atoms with Gasteiger partial charge in [-0.05, 0) is 55.2 Å². The van der Waals surface area contributed by atoms with Crippen molar-refractivity contribution in [2.45, 2.75) is 39.7 Å². The molecular formula is C18H21FO2. The summed E-state index contributed by atoms with van der Waals surface area (Å²) in [5, 5.41) is 9.79. The zero-order valence-electron chi connectivity index (χ0n) is 12.9. The normalized spacial score (nSPS) is 12.5. The number of rotatable bonds is 4. The monoisotopic (exact) mass is 288 g/mol. The SMILES string of the molecule is Cc1ccc(C(C)C)c(Oc2ccc(F)cc2C(C)O)c1. The lowest BCUT2D eigenvalue weighted by atomic mass is 10.0. The molecule has 1 atom stereocenters. The second-order valence-electron chi connectivity index (χ2n) is 5.66. The highest BCUT2D eigenvalue weighted by Gasteiger charge is 2.14. The maximum Gasteiger partial charge on any atom is 0.133 e. The fraction of sp³-hybridized carbons (Fsp3) is 0.333. The van der Waals surface area contributed by atoms with Crippen LogP contribution in [-0.2, 0) is 0 Å². The smallest absolute Gasteiger partial charge is 0.133 e. The molecule has 21 heavy (non-hydrogen) atoms. The second kappa shape index (κ2) is 6.27. The molecule has 0 saturated carbocycles. The van der Waals surface area contributed by atoms with Crippen LogP contribution in [0.25, 0.3) is 0 Å². The number of aryl methyl sites for hydroxylation is 1. The molecule has 2 rings (SSSR count). The van der Waals surface area contributed by atoms with Crippen molar-refractivity contribution in [2.24, 2.45) is 0 Å². The van der Waals surface area contributed by atoms with Crippen molar-refractivity contribution in [3.05, 3.63) is 58.9 Å². The van der Waals surface area contributed by atoms with Gasteiger partial charge in [0.05, 0.1) is 6.10 Å². The molecule has 0 amide bonds. The summed E-state index contributed by atoms with van der Waals surface area (Å²) in [6.45, 7) is 7.79. The van der Waals surface area contributed by atoms with Crippen LogP contribution in [0.15, 0.2) is 36.4 Å². The van der Waals surface area contributed by atoms with Gasteiger partial charge in [-0.3, -0.25) is 0 Å². The predicted molar refractivity (Wildman–Crippen MR) is 82.4 cm³/mol. The van der Waals surface area contributed by atoms with Crippen LogP contribution in [0, 0.1) is 12.7 Å². The van der Waals surface area contributed by atoms with Crippen LogP contribution >= 0.6 is 0 Å². The summed E-state index contributed by atoms with van der Waals surface area (Å²) in [7, 11) is 0. The third kappa shape index (κ3) is 3.61. The van der Waals surface area contributed by atoms with Crippen molar-refractivity contribution < 1.29 is 14.2 Å². The van der Waals surface area contributed by atoms with E-state index in [9.17, 15) is 9.50 Å². The van der Waals surface area contributed by atoms with Crippen LogP contribution in [0.5, 0.6) is 11.5 Å². The molecule has 0 radical (unpaired) electrons. The zero-order chi connectivity index (χ0) is 15.6. The highest BCUT2D eigenvalue weighted by atomic mass is 19.1. The van der Waals surface area contributed by atoms with E-state index >= 15 is 0 Å². The maximum atomic E-state index is 13.4. The molecule has 0 saturated heterocycles. The Labute approximate surface area is 125 Å². The summed E-state index contributed by atoms with van der Waals surface area (Å²) in [5.41, 5.74) is 2.63. The lowest BCUT2D eigenvalue weighted by Crippen LogP contribution is -2.00. The van der Waals surface area contributed by atoms with Gasteiger partial charge in [0.1, 0.15) is 17.3 Å². The van der Waals surface area contributed by atoms with Crippen LogP contribution in [-0.4, -0.2) is 5.11 Å². The van der Waals surface area contributed by atoms with Gasteiger partial charge >= 0.3 is 0 Å². The third-order valence-corrected chi connectivity index (χ3v) is 3.43. The van der Waals surface area contributed by atoms with E-state index in [1.807, 2.05) is 25.1 Å². The van der Waals surface area contributed by atoms with Gasteiger partial charge in [0.2, 0.25) is 0 Å². The van der Waals surface area contributed by atoms with Gasteiger partial charge in [-0.25, -0.2) is 4.39 Å². The van der Waals surface area contributed by atoms with Crippen LogP contribution in [0.2, 0.25) is 0 Å². The van der Waals surface area contributed by atoms with E-state index in [1.165, 1.54) is 12.1 Å². The number of hydrogen-bond donors (Lipinski definition) is 1. The molecule has 2 aromatic carbocycles. The van der Waals surface area contributed by atoms with E-state index < -0.39 is 6.10 Å². The maximum absolute atomic E-state index is 13.4. The van der Waals surface area contributed by atoms with Crippen LogP contribution in [0.3, 0.4) is 0 Å². The van der Waals surface area contributed by atoms with E-state index in [-0.39, 0.29) is 5.82 Å². The van der Waals surface area contributed by atoms with Gasteiger partial charge in [0, 0.05) is 5.56 Å². The summed E-state index contributed by atoms with van der Waals surface area (Å²) in [4.78, 5) is 0. The molecule has 0 aliphatic carbocycles. The summed E-state index contributed by atoms with van der Waals surface area (Å²) in [6, 6.07) is 10.3. The summed E-state index contributed by atoms with van der Waals surface area (Å²) in [5.74, 6) is 1.17. The average molecular weight is 288 g/mol. The van der Waals surface area contributed by atoms with E-state index in [4.69, 9.17) is 4.74 Å². The van der Waals surface area contributed by atoms with E-state index in [0.29, 0.717) is 17.2 Å². The average Bonchev–Trinajstić information content (AvgIpc) is 2.40. The molecule has 2 aromatic rings. The molecule has 0 bridgehead atoms. The predicted octanol–water partition coefficient (Wildman–Crippen LogP) is 5.10. The molecule has 0 aliphatic heterocycles. The number of ether oxygens (including phenoxy) is 1. The Morgan fingerprint density at radius 1 is 0.952 bits per heavy atom. The number of benzene rings is 2. The Kier molecular flexibility index (Phi) is 4.63. The summed E-state index contributed by atoms with van der Waals surface area (Å²) in [6.07, 6.45) is -0.789. The molecule has 112 valence electrons. The topological polar surface area (TPSA) is 29.5 Å². The molecule has 1 unspecified atom stereocenters. The van der Waals surface area contributed by atoms with Gasteiger partial charge in [-0.2, -0.15) is 0 Å². The third-order valence-electron chi connectivity index (χ3n) is 3.43. The molecular weight excluding hydrogens is 267 g/mol. The number of halogens is 1. The lowest BCUT2D eigenvalue weighted by molar-refractivity contribution is 0.195. The van der Waals surface area contributed by atoms with Crippen molar-refractivity contribution in [1.82, 2.24) is 0 Å². The van der Waals surface area contributed by atoms with Crippen molar-refractivity contribution in [3.63, 3.8) is 0 Å². The Morgan fingerprint density at radius 3 is 2.29 bits per heavy atom. The first-order valence-electron chi connectivity index (χ1n) is 7.14. The summed E-state index contributed by atoms with van der Waals surface area (Å²) >= 11 is 0.